The number of amides is 1. The Labute approximate surface area is 131 Å². The van der Waals surface area contributed by atoms with Gasteiger partial charge in [-0.1, -0.05) is 0 Å². The molecule has 1 aliphatic rings. The molecule has 122 valence electrons. The summed E-state index contributed by atoms with van der Waals surface area (Å²) in [5.41, 5.74) is -0.712. The standard InChI is InChI=1S/C16H25N3O3/c1-15(2,3)22-14(20)19-10-6-16(4,7-11-19)21-12-13-17-8-5-9-18-13/h5,8-9H,6-7,10-12H2,1-4H3. The minimum absolute atomic E-state index is 0.249. The first-order chi connectivity index (χ1) is 10.3. The van der Waals surface area contributed by atoms with Gasteiger partial charge < -0.3 is 14.4 Å². The van der Waals surface area contributed by atoms with Gasteiger partial charge in [0.25, 0.3) is 0 Å². The van der Waals surface area contributed by atoms with E-state index < -0.39 is 5.60 Å². The number of likely N-dealkylation sites (tertiary alicyclic amines) is 1. The van der Waals surface area contributed by atoms with E-state index in [0.29, 0.717) is 25.5 Å². The number of hydrogen-bond acceptors (Lipinski definition) is 5. The zero-order valence-electron chi connectivity index (χ0n) is 13.8. The number of hydrogen-bond donors (Lipinski definition) is 0. The van der Waals surface area contributed by atoms with Gasteiger partial charge in [-0.3, -0.25) is 0 Å². The van der Waals surface area contributed by atoms with Crippen LogP contribution in [0.15, 0.2) is 18.5 Å². The monoisotopic (exact) mass is 307 g/mol. The topological polar surface area (TPSA) is 64.5 Å². The molecule has 1 aromatic rings. The van der Waals surface area contributed by atoms with Gasteiger partial charge in [0.05, 0.1) is 5.60 Å². The van der Waals surface area contributed by atoms with Crippen LogP contribution in [0.5, 0.6) is 0 Å². The summed E-state index contributed by atoms with van der Waals surface area (Å²) in [5, 5.41) is 0. The second-order valence-corrected chi connectivity index (χ2v) is 6.87. The van der Waals surface area contributed by atoms with E-state index in [1.807, 2.05) is 20.8 Å². The van der Waals surface area contributed by atoms with Gasteiger partial charge in [-0.05, 0) is 46.6 Å². The average Bonchev–Trinajstić information content (AvgIpc) is 2.45. The van der Waals surface area contributed by atoms with E-state index in [-0.39, 0.29) is 11.7 Å². The number of piperidine rings is 1. The van der Waals surface area contributed by atoms with Crippen molar-refractivity contribution in [2.45, 2.75) is 58.3 Å². The molecule has 0 saturated carbocycles. The normalized spacial score (nSPS) is 18.1. The van der Waals surface area contributed by atoms with Gasteiger partial charge in [0, 0.05) is 25.5 Å². The molecule has 1 aliphatic heterocycles. The highest BCUT2D eigenvalue weighted by atomic mass is 16.6. The van der Waals surface area contributed by atoms with Crippen molar-refractivity contribution in [3.63, 3.8) is 0 Å². The van der Waals surface area contributed by atoms with E-state index in [1.54, 1.807) is 23.4 Å². The average molecular weight is 307 g/mol. The highest BCUT2D eigenvalue weighted by Crippen LogP contribution is 2.27. The smallest absolute Gasteiger partial charge is 0.410 e. The van der Waals surface area contributed by atoms with Gasteiger partial charge in [0.1, 0.15) is 12.2 Å². The van der Waals surface area contributed by atoms with Crippen LogP contribution in [0, 0.1) is 0 Å². The lowest BCUT2D eigenvalue weighted by Gasteiger charge is -2.39. The highest BCUT2D eigenvalue weighted by molar-refractivity contribution is 5.68. The summed E-state index contributed by atoms with van der Waals surface area (Å²) in [6.45, 7) is 9.38. The van der Waals surface area contributed by atoms with E-state index in [4.69, 9.17) is 9.47 Å². The molecule has 1 aromatic heterocycles. The van der Waals surface area contributed by atoms with Crippen LogP contribution < -0.4 is 0 Å². The van der Waals surface area contributed by atoms with Gasteiger partial charge in [-0.15, -0.1) is 0 Å². The van der Waals surface area contributed by atoms with Crippen LogP contribution in [0.4, 0.5) is 4.79 Å². The third-order valence-corrected chi connectivity index (χ3v) is 3.64. The fourth-order valence-corrected chi connectivity index (χ4v) is 2.28. The summed E-state index contributed by atoms with van der Waals surface area (Å²) in [7, 11) is 0. The summed E-state index contributed by atoms with van der Waals surface area (Å²) in [5.74, 6) is 0.679. The summed E-state index contributed by atoms with van der Waals surface area (Å²) >= 11 is 0. The van der Waals surface area contributed by atoms with Crippen LogP contribution >= 0.6 is 0 Å². The molecular formula is C16H25N3O3. The minimum atomic E-state index is -0.459. The van der Waals surface area contributed by atoms with Crippen molar-refractivity contribution in [1.82, 2.24) is 14.9 Å². The SMILES string of the molecule is CC(C)(C)OC(=O)N1CCC(C)(OCc2ncccn2)CC1. The number of carbonyl (C=O) groups excluding carboxylic acids is 1. The molecule has 0 spiro atoms. The number of carbonyl (C=O) groups is 1. The van der Waals surface area contributed by atoms with Gasteiger partial charge in [0.2, 0.25) is 0 Å². The van der Waals surface area contributed by atoms with Crippen LogP contribution in [0.3, 0.4) is 0 Å². The molecule has 6 heteroatoms. The first-order valence-corrected chi connectivity index (χ1v) is 7.65. The second-order valence-electron chi connectivity index (χ2n) is 6.87. The largest absolute Gasteiger partial charge is 0.444 e. The zero-order chi connectivity index (χ0) is 16.2. The molecule has 0 atom stereocenters. The van der Waals surface area contributed by atoms with E-state index in [1.165, 1.54) is 0 Å². The Kier molecular flexibility index (Phi) is 5.01. The predicted octanol–water partition coefficient (Wildman–Crippen LogP) is 2.78. The van der Waals surface area contributed by atoms with Crippen LogP contribution in [0.25, 0.3) is 0 Å². The molecule has 2 rings (SSSR count). The number of ether oxygens (including phenoxy) is 2. The molecule has 1 fully saturated rings. The minimum Gasteiger partial charge on any atom is -0.444 e. The molecule has 0 N–H and O–H groups in total. The lowest BCUT2D eigenvalue weighted by Crippen LogP contribution is -2.47. The number of nitrogens with zero attached hydrogens (tertiary/aromatic N) is 3. The van der Waals surface area contributed by atoms with Crippen LogP contribution in [0.1, 0.15) is 46.4 Å². The van der Waals surface area contributed by atoms with Gasteiger partial charge in [0.15, 0.2) is 5.82 Å². The third-order valence-electron chi connectivity index (χ3n) is 3.64. The first kappa shape index (κ1) is 16.7. The van der Waals surface area contributed by atoms with E-state index in [0.717, 1.165) is 12.8 Å². The Balaban J connectivity index is 1.81. The quantitative estimate of drug-likeness (QED) is 0.859. The lowest BCUT2D eigenvalue weighted by molar-refractivity contribution is -0.0831. The van der Waals surface area contributed by atoms with Crippen molar-refractivity contribution in [3.8, 4) is 0 Å². The molecular weight excluding hydrogens is 282 g/mol. The molecule has 0 aliphatic carbocycles. The van der Waals surface area contributed by atoms with Gasteiger partial charge >= 0.3 is 6.09 Å². The van der Waals surface area contributed by atoms with E-state index in [2.05, 4.69) is 16.9 Å². The Morgan fingerprint density at radius 3 is 2.41 bits per heavy atom. The number of rotatable bonds is 3. The summed E-state index contributed by atoms with van der Waals surface area (Å²) < 4.78 is 11.4. The summed E-state index contributed by atoms with van der Waals surface area (Å²) in [6, 6.07) is 1.78. The van der Waals surface area contributed by atoms with E-state index in [9.17, 15) is 4.79 Å². The second kappa shape index (κ2) is 6.60. The van der Waals surface area contributed by atoms with Crippen molar-refractivity contribution < 1.29 is 14.3 Å². The van der Waals surface area contributed by atoms with Crippen LogP contribution in [-0.2, 0) is 16.1 Å². The predicted molar refractivity (Wildman–Crippen MR) is 82.3 cm³/mol. The summed E-state index contributed by atoms with van der Waals surface area (Å²) in [6.07, 6.45) is 4.72. The molecule has 6 nitrogen and oxygen atoms in total. The Morgan fingerprint density at radius 2 is 1.86 bits per heavy atom. The maximum Gasteiger partial charge on any atom is 0.410 e. The molecule has 2 heterocycles. The van der Waals surface area contributed by atoms with E-state index >= 15 is 0 Å². The molecule has 0 radical (unpaired) electrons. The first-order valence-electron chi connectivity index (χ1n) is 7.65. The third kappa shape index (κ3) is 4.94. The molecule has 0 aromatic carbocycles. The summed E-state index contributed by atoms with van der Waals surface area (Å²) in [4.78, 5) is 22.1. The Morgan fingerprint density at radius 1 is 1.27 bits per heavy atom. The fraction of sp³-hybridized carbons (Fsp3) is 0.688. The molecule has 1 amide bonds. The fourth-order valence-electron chi connectivity index (χ4n) is 2.28. The molecule has 22 heavy (non-hydrogen) atoms. The lowest BCUT2D eigenvalue weighted by atomic mass is 9.93. The van der Waals surface area contributed by atoms with Crippen molar-refractivity contribution in [3.05, 3.63) is 24.3 Å². The molecule has 0 unspecified atom stereocenters. The molecule has 1 saturated heterocycles. The zero-order valence-corrected chi connectivity index (χ0v) is 13.8. The maximum absolute atomic E-state index is 12.0. The van der Waals surface area contributed by atoms with Crippen molar-refractivity contribution >= 4 is 6.09 Å². The van der Waals surface area contributed by atoms with Gasteiger partial charge in [-0.25, -0.2) is 14.8 Å². The van der Waals surface area contributed by atoms with Crippen LogP contribution in [-0.4, -0.2) is 45.3 Å². The van der Waals surface area contributed by atoms with Gasteiger partial charge in [-0.2, -0.15) is 0 Å². The Hall–Kier alpha value is -1.69. The highest BCUT2D eigenvalue weighted by Gasteiger charge is 2.34. The molecule has 0 bridgehead atoms. The van der Waals surface area contributed by atoms with Crippen molar-refractivity contribution in [2.75, 3.05) is 13.1 Å². The number of aromatic nitrogens is 2. The van der Waals surface area contributed by atoms with Crippen LogP contribution in [0.2, 0.25) is 0 Å². The van der Waals surface area contributed by atoms with Crippen molar-refractivity contribution in [2.24, 2.45) is 0 Å². The van der Waals surface area contributed by atoms with Crippen molar-refractivity contribution in [1.29, 1.82) is 0 Å². The Bertz CT molecular complexity index is 491. The maximum atomic E-state index is 12.0.